The van der Waals surface area contributed by atoms with Crippen LogP contribution in [0.3, 0.4) is 0 Å². The number of nitrogens with one attached hydrogen (secondary N) is 1. The number of nitrogens with two attached hydrogens (primary N) is 2. The maximum absolute atomic E-state index is 13.7. The van der Waals surface area contributed by atoms with E-state index in [-0.39, 0.29) is 23.7 Å². The van der Waals surface area contributed by atoms with Gasteiger partial charge in [-0.2, -0.15) is 10.1 Å². The monoisotopic (exact) mass is 993 g/mol. The maximum atomic E-state index is 13.7. The van der Waals surface area contributed by atoms with Crippen molar-refractivity contribution < 1.29 is 28.3 Å². The van der Waals surface area contributed by atoms with Crippen LogP contribution in [-0.2, 0) is 45.1 Å². The zero-order valence-corrected chi connectivity index (χ0v) is 41.2. The summed E-state index contributed by atoms with van der Waals surface area (Å²) in [5.74, 6) is 1.29. The molecule has 73 heavy (non-hydrogen) atoms. The van der Waals surface area contributed by atoms with Gasteiger partial charge in [0.1, 0.15) is 29.0 Å². The molecule has 0 saturated carbocycles. The Morgan fingerprint density at radius 2 is 1.51 bits per heavy atom. The quantitative estimate of drug-likeness (QED) is 0.117. The Labute approximate surface area is 420 Å². The zero-order chi connectivity index (χ0) is 50.6. The lowest BCUT2D eigenvalue weighted by atomic mass is 9.97. The van der Waals surface area contributed by atoms with Gasteiger partial charge in [0.05, 0.1) is 37.1 Å². The summed E-state index contributed by atoms with van der Waals surface area (Å²) in [5, 5.41) is 8.45. The summed E-state index contributed by atoms with van der Waals surface area (Å²) < 4.78 is 18.4. The molecule has 0 radical (unpaired) electrons. The second-order valence-corrected chi connectivity index (χ2v) is 18.9. The highest BCUT2D eigenvalue weighted by Crippen LogP contribution is 2.33. The number of hydrogen-bond acceptors (Lipinski definition) is 19. The van der Waals surface area contributed by atoms with E-state index in [1.165, 1.54) is 19.0 Å². The molecule has 380 valence electrons. The third-order valence-corrected chi connectivity index (χ3v) is 13.8. The molecule has 23 heteroatoms. The van der Waals surface area contributed by atoms with Crippen molar-refractivity contribution in [3.05, 3.63) is 95.3 Å². The molecule has 2 fully saturated rings. The molecule has 0 spiro atoms. The van der Waals surface area contributed by atoms with E-state index < -0.39 is 5.60 Å². The molecule has 23 nitrogen and oxygen atoms in total. The van der Waals surface area contributed by atoms with E-state index in [1.54, 1.807) is 44.7 Å². The third-order valence-electron chi connectivity index (χ3n) is 13.8. The first-order chi connectivity index (χ1) is 35.4. The van der Waals surface area contributed by atoms with Crippen LogP contribution in [0.1, 0.15) is 52.9 Å². The SMILES string of the molecule is COC(C)(C)C(=O)NCc1cnc(N2CCN(C(=O)CCOCCN3CCN(c4ncc(C(=O)N5CCc6cc(Cn7nc(-c8ccc9oc(N)nc9c8)c8c(N)ncnc87)ccc6C5)cn4)CC3)CC2)nc1. The summed E-state index contributed by atoms with van der Waals surface area (Å²) in [6, 6.07) is 12.0. The second-order valence-electron chi connectivity index (χ2n) is 18.9. The largest absolute Gasteiger partial charge is 0.424 e. The number of piperazine rings is 2. The van der Waals surface area contributed by atoms with E-state index in [0.717, 1.165) is 55.0 Å². The molecule has 5 N–H and O–H groups in total. The first-order valence-electron chi connectivity index (χ1n) is 24.5. The topological polar surface area (TPSA) is 271 Å². The molecule has 0 bridgehead atoms. The number of aromatic nitrogens is 9. The van der Waals surface area contributed by atoms with Crippen LogP contribution >= 0.6 is 0 Å². The molecule has 5 aromatic heterocycles. The van der Waals surface area contributed by atoms with Crippen LogP contribution in [-0.4, -0.2) is 168 Å². The number of methoxy groups -OCH3 is 1. The highest BCUT2D eigenvalue weighted by molar-refractivity contribution is 5.99. The van der Waals surface area contributed by atoms with Crippen LogP contribution in [0.2, 0.25) is 0 Å². The van der Waals surface area contributed by atoms with E-state index >= 15 is 0 Å². The third kappa shape index (κ3) is 10.8. The van der Waals surface area contributed by atoms with Crippen molar-refractivity contribution in [1.82, 2.24) is 64.7 Å². The molecular weight excluding hydrogens is 935 g/mol. The summed E-state index contributed by atoms with van der Waals surface area (Å²) in [6.07, 6.45) is 9.15. The van der Waals surface area contributed by atoms with Crippen LogP contribution in [0, 0.1) is 0 Å². The van der Waals surface area contributed by atoms with Crippen LogP contribution in [0.4, 0.5) is 23.7 Å². The Balaban J connectivity index is 0.633. The molecule has 10 rings (SSSR count). The van der Waals surface area contributed by atoms with Gasteiger partial charge in [0.2, 0.25) is 17.8 Å². The van der Waals surface area contributed by atoms with E-state index in [9.17, 15) is 14.4 Å². The lowest BCUT2D eigenvalue weighted by Gasteiger charge is -2.35. The highest BCUT2D eigenvalue weighted by atomic mass is 16.5. The Hall–Kier alpha value is -7.89. The summed E-state index contributed by atoms with van der Waals surface area (Å²) in [7, 11) is 1.50. The van der Waals surface area contributed by atoms with Gasteiger partial charge in [0, 0.05) is 122 Å². The number of amides is 3. The molecule has 7 aromatic rings. The Kier molecular flexibility index (Phi) is 14.1. The molecule has 2 aromatic carbocycles. The maximum Gasteiger partial charge on any atom is 0.292 e. The molecule has 3 aliphatic rings. The van der Waals surface area contributed by atoms with Crippen LogP contribution < -0.4 is 26.6 Å². The number of carbonyl (C=O) groups excluding carboxylic acids is 3. The number of ether oxygens (including phenoxy) is 2. The van der Waals surface area contributed by atoms with E-state index in [1.807, 2.05) is 26.6 Å². The van der Waals surface area contributed by atoms with Gasteiger partial charge in [0.25, 0.3) is 17.8 Å². The number of oxazole rings is 1. The second kappa shape index (κ2) is 21.1. The van der Waals surface area contributed by atoms with E-state index in [0.29, 0.717) is 130 Å². The lowest BCUT2D eigenvalue weighted by molar-refractivity contribution is -0.139. The number of carbonyl (C=O) groups is 3. The van der Waals surface area contributed by atoms with Crippen LogP contribution in [0.15, 0.2) is 71.9 Å². The molecule has 0 unspecified atom stereocenters. The molecule has 2 saturated heterocycles. The minimum Gasteiger partial charge on any atom is -0.424 e. The number of rotatable bonds is 16. The Bertz CT molecular complexity index is 3110. The fourth-order valence-electron chi connectivity index (χ4n) is 9.29. The number of anilines is 4. The minimum absolute atomic E-state index is 0.0741. The highest BCUT2D eigenvalue weighted by Gasteiger charge is 2.28. The van der Waals surface area contributed by atoms with Crippen molar-refractivity contribution in [3.8, 4) is 11.3 Å². The van der Waals surface area contributed by atoms with Crippen molar-refractivity contribution in [1.29, 1.82) is 0 Å². The lowest BCUT2D eigenvalue weighted by Crippen LogP contribution is -2.49. The normalized spacial score (nSPS) is 15.5. The van der Waals surface area contributed by atoms with Gasteiger partial charge in [-0.05, 0) is 55.2 Å². The van der Waals surface area contributed by atoms with E-state index in [4.69, 9.17) is 30.5 Å². The molecule has 3 amide bonds. The van der Waals surface area contributed by atoms with Gasteiger partial charge in [-0.1, -0.05) is 18.2 Å². The fraction of sp³-hybridized carbons (Fsp3) is 0.420. The molecule has 0 atom stereocenters. The van der Waals surface area contributed by atoms with Crippen molar-refractivity contribution in [2.45, 2.75) is 51.9 Å². The van der Waals surface area contributed by atoms with Gasteiger partial charge in [-0.3, -0.25) is 19.3 Å². The van der Waals surface area contributed by atoms with Crippen molar-refractivity contribution in [2.24, 2.45) is 0 Å². The standard InChI is InChI=1S/C50H59N17O6/c1-50(2,71-3)46(70)53-24-33-25-54-48(55-26-33)65-17-15-63(16-18-65)40(68)9-20-72-21-19-62-11-13-64(14-12-62)49-56-27-37(28-57-49)45(69)66-10-8-34-22-32(4-5-36(34)30-66)29-67-44-41(43(51)58-31-59-44)42(61-67)35-6-7-39-38(23-35)60-47(52)73-39/h4-7,22-23,25-28,31H,8-21,24,29-30H2,1-3H3,(H2,52,60)(H,53,70)(H2,51,58,59). The summed E-state index contributed by atoms with van der Waals surface area (Å²) in [4.78, 5) is 80.5. The summed E-state index contributed by atoms with van der Waals surface area (Å²) in [5.41, 5.74) is 19.0. The van der Waals surface area contributed by atoms with Crippen LogP contribution in [0.5, 0.6) is 0 Å². The minimum atomic E-state index is -0.916. The fourth-order valence-corrected chi connectivity index (χ4v) is 9.29. The molecule has 3 aliphatic heterocycles. The average Bonchev–Trinajstić information content (AvgIpc) is 3.99. The van der Waals surface area contributed by atoms with Crippen molar-refractivity contribution >= 4 is 63.6 Å². The predicted molar refractivity (Wildman–Crippen MR) is 271 cm³/mol. The van der Waals surface area contributed by atoms with Gasteiger partial charge >= 0.3 is 0 Å². The van der Waals surface area contributed by atoms with Gasteiger partial charge in [-0.15, -0.1) is 0 Å². The van der Waals surface area contributed by atoms with Crippen molar-refractivity contribution in [3.63, 3.8) is 0 Å². The first kappa shape index (κ1) is 48.7. The molecule has 0 aliphatic carbocycles. The predicted octanol–water partition coefficient (Wildman–Crippen LogP) is 2.54. The van der Waals surface area contributed by atoms with E-state index in [2.05, 4.69) is 73.1 Å². The average molecular weight is 994 g/mol. The number of fused-ring (bicyclic) bond motifs is 3. The Morgan fingerprint density at radius 3 is 2.25 bits per heavy atom. The number of nitrogen functional groups attached to an aromatic ring is 2. The van der Waals surface area contributed by atoms with Gasteiger partial charge < -0.3 is 50.3 Å². The smallest absolute Gasteiger partial charge is 0.292 e. The number of hydrogen-bond donors (Lipinski definition) is 3. The number of nitrogens with zero attached hydrogens (tertiary/aromatic N) is 14. The molecular formula is C50H59N17O6. The number of benzene rings is 2. The Morgan fingerprint density at radius 1 is 0.781 bits per heavy atom. The first-order valence-corrected chi connectivity index (χ1v) is 24.5. The molecule has 8 heterocycles. The van der Waals surface area contributed by atoms with Gasteiger partial charge in [-0.25, -0.2) is 34.6 Å². The summed E-state index contributed by atoms with van der Waals surface area (Å²) >= 11 is 0. The van der Waals surface area contributed by atoms with Gasteiger partial charge in [0.15, 0.2) is 11.2 Å². The van der Waals surface area contributed by atoms with Crippen LogP contribution in [0.25, 0.3) is 33.4 Å². The zero-order valence-electron chi connectivity index (χ0n) is 41.2. The summed E-state index contributed by atoms with van der Waals surface area (Å²) in [6.45, 7) is 12.5. The van der Waals surface area contributed by atoms with Crippen molar-refractivity contribution in [2.75, 3.05) is 107 Å².